The first kappa shape index (κ1) is 12.6. The number of hydrogen-bond donors (Lipinski definition) is 2. The maximum Gasteiger partial charge on any atom is 0.313 e. The highest BCUT2D eigenvalue weighted by atomic mass is 16.6. The van der Waals surface area contributed by atoms with Crippen molar-refractivity contribution in [2.24, 2.45) is 7.05 Å². The molecule has 9 heteroatoms. The molecule has 0 aliphatic rings. The third-order valence-electron chi connectivity index (χ3n) is 2.17. The molecule has 9 nitrogen and oxygen atoms in total. The molecule has 0 amide bonds. The second-order valence-corrected chi connectivity index (χ2v) is 3.28. The van der Waals surface area contributed by atoms with Crippen LogP contribution >= 0.6 is 0 Å². The van der Waals surface area contributed by atoms with Crippen LogP contribution in [0.15, 0.2) is 6.20 Å². The SMILES string of the molecule is Cn1ncc([N+](=O)[O-])c1C(CC(=O)O)C(=O)O. The predicted octanol–water partition coefficient (Wildman–Crippen LogP) is -0.0288. The number of carboxylic acids is 2. The van der Waals surface area contributed by atoms with Gasteiger partial charge in [0.25, 0.3) is 0 Å². The van der Waals surface area contributed by atoms with Gasteiger partial charge in [-0.15, -0.1) is 0 Å². The van der Waals surface area contributed by atoms with Crippen LogP contribution in [-0.4, -0.2) is 36.9 Å². The van der Waals surface area contributed by atoms with Crippen molar-refractivity contribution in [1.29, 1.82) is 0 Å². The van der Waals surface area contributed by atoms with Crippen molar-refractivity contribution in [3.8, 4) is 0 Å². The Labute approximate surface area is 94.4 Å². The number of aromatic nitrogens is 2. The molecule has 1 aromatic heterocycles. The third kappa shape index (κ3) is 2.56. The van der Waals surface area contributed by atoms with Crippen molar-refractivity contribution in [2.45, 2.75) is 12.3 Å². The largest absolute Gasteiger partial charge is 0.481 e. The van der Waals surface area contributed by atoms with Gasteiger partial charge in [0.15, 0.2) is 0 Å². The maximum absolute atomic E-state index is 10.9. The number of nitro groups is 1. The van der Waals surface area contributed by atoms with Gasteiger partial charge in [-0.05, 0) is 0 Å². The minimum absolute atomic E-state index is 0.232. The van der Waals surface area contributed by atoms with Crippen molar-refractivity contribution < 1.29 is 24.7 Å². The molecule has 2 N–H and O–H groups in total. The van der Waals surface area contributed by atoms with E-state index in [2.05, 4.69) is 5.10 Å². The lowest BCUT2D eigenvalue weighted by Crippen LogP contribution is -2.19. The van der Waals surface area contributed by atoms with Crippen LogP contribution in [0.4, 0.5) is 5.69 Å². The quantitative estimate of drug-likeness (QED) is 0.547. The van der Waals surface area contributed by atoms with Crippen molar-refractivity contribution in [2.75, 3.05) is 0 Å². The molecule has 17 heavy (non-hydrogen) atoms. The minimum atomic E-state index is -1.50. The Bertz CT molecular complexity index is 480. The first-order chi connectivity index (χ1) is 7.84. The fraction of sp³-hybridized carbons (Fsp3) is 0.375. The van der Waals surface area contributed by atoms with E-state index in [1.807, 2.05) is 0 Å². The normalized spacial score (nSPS) is 12.1. The van der Waals surface area contributed by atoms with Gasteiger partial charge in [0.1, 0.15) is 17.8 Å². The summed E-state index contributed by atoms with van der Waals surface area (Å²) in [6.45, 7) is 0. The number of hydrogen-bond acceptors (Lipinski definition) is 5. The molecule has 1 unspecified atom stereocenters. The second kappa shape index (κ2) is 4.60. The van der Waals surface area contributed by atoms with Crippen LogP contribution in [0.1, 0.15) is 18.0 Å². The summed E-state index contributed by atoms with van der Waals surface area (Å²) in [5.41, 5.74) is -0.731. The molecule has 0 aliphatic carbocycles. The summed E-state index contributed by atoms with van der Waals surface area (Å²) in [4.78, 5) is 31.3. The molecule has 0 aromatic carbocycles. The number of rotatable bonds is 5. The monoisotopic (exact) mass is 243 g/mol. The lowest BCUT2D eigenvalue weighted by molar-refractivity contribution is -0.385. The Morgan fingerprint density at radius 3 is 2.59 bits per heavy atom. The van der Waals surface area contributed by atoms with E-state index in [4.69, 9.17) is 10.2 Å². The molecule has 0 saturated heterocycles. The smallest absolute Gasteiger partial charge is 0.313 e. The molecule has 1 atom stereocenters. The van der Waals surface area contributed by atoms with Crippen LogP contribution in [-0.2, 0) is 16.6 Å². The van der Waals surface area contributed by atoms with E-state index in [1.54, 1.807) is 0 Å². The predicted molar refractivity (Wildman–Crippen MR) is 52.5 cm³/mol. The van der Waals surface area contributed by atoms with E-state index in [-0.39, 0.29) is 5.69 Å². The number of aliphatic carboxylic acids is 2. The van der Waals surface area contributed by atoms with Crippen LogP contribution in [0.2, 0.25) is 0 Å². The van der Waals surface area contributed by atoms with Crippen molar-refractivity contribution in [1.82, 2.24) is 9.78 Å². The summed E-state index contributed by atoms with van der Waals surface area (Å²) in [6, 6.07) is 0. The highest BCUT2D eigenvalue weighted by Crippen LogP contribution is 2.28. The first-order valence-corrected chi connectivity index (χ1v) is 4.45. The minimum Gasteiger partial charge on any atom is -0.481 e. The molecule has 1 rings (SSSR count). The fourth-order valence-electron chi connectivity index (χ4n) is 1.46. The number of carboxylic acid groups (broad SMARTS) is 2. The molecule has 0 fully saturated rings. The Hall–Kier alpha value is -2.45. The molecule has 0 spiro atoms. The number of aryl methyl sites for hydroxylation is 1. The van der Waals surface area contributed by atoms with E-state index in [0.717, 1.165) is 10.9 Å². The molecule has 0 radical (unpaired) electrons. The fourth-order valence-corrected chi connectivity index (χ4v) is 1.46. The highest BCUT2D eigenvalue weighted by molar-refractivity contribution is 5.83. The van der Waals surface area contributed by atoms with Gasteiger partial charge in [0, 0.05) is 7.05 Å². The van der Waals surface area contributed by atoms with E-state index in [9.17, 15) is 19.7 Å². The average molecular weight is 243 g/mol. The van der Waals surface area contributed by atoms with E-state index in [0.29, 0.717) is 0 Å². The zero-order chi connectivity index (χ0) is 13.2. The Morgan fingerprint density at radius 2 is 2.18 bits per heavy atom. The average Bonchev–Trinajstić information content (AvgIpc) is 2.56. The van der Waals surface area contributed by atoms with E-state index in [1.165, 1.54) is 7.05 Å². The van der Waals surface area contributed by atoms with Crippen LogP contribution in [0.25, 0.3) is 0 Å². The van der Waals surface area contributed by atoms with Crippen LogP contribution < -0.4 is 0 Å². The number of nitrogens with zero attached hydrogens (tertiary/aromatic N) is 3. The van der Waals surface area contributed by atoms with Gasteiger partial charge in [0.05, 0.1) is 11.3 Å². The third-order valence-corrected chi connectivity index (χ3v) is 2.17. The van der Waals surface area contributed by atoms with E-state index >= 15 is 0 Å². The molecular weight excluding hydrogens is 234 g/mol. The molecular formula is C8H9N3O6. The molecule has 92 valence electrons. The van der Waals surface area contributed by atoms with E-state index < -0.39 is 34.9 Å². The summed E-state index contributed by atoms with van der Waals surface area (Å²) in [5.74, 6) is -4.30. The molecule has 0 aliphatic heterocycles. The molecule has 1 heterocycles. The number of carbonyl (C=O) groups is 2. The van der Waals surface area contributed by atoms with Crippen molar-refractivity contribution in [3.63, 3.8) is 0 Å². The summed E-state index contributed by atoms with van der Waals surface area (Å²) in [6.07, 6.45) is 0.156. The Balaban J connectivity index is 3.26. The van der Waals surface area contributed by atoms with Crippen LogP contribution in [0.3, 0.4) is 0 Å². The van der Waals surface area contributed by atoms with Gasteiger partial charge in [-0.2, -0.15) is 5.10 Å². The standard InChI is InChI=1S/C8H9N3O6/c1-10-7(5(3-9-10)11(16)17)4(8(14)15)2-6(12)13/h3-4H,2H2,1H3,(H,12,13)(H,14,15). The maximum atomic E-state index is 10.9. The lowest BCUT2D eigenvalue weighted by atomic mass is 10.0. The first-order valence-electron chi connectivity index (χ1n) is 4.45. The van der Waals surface area contributed by atoms with Crippen molar-refractivity contribution >= 4 is 17.6 Å². The van der Waals surface area contributed by atoms with Gasteiger partial charge >= 0.3 is 17.6 Å². The van der Waals surface area contributed by atoms with Crippen LogP contribution in [0.5, 0.6) is 0 Å². The zero-order valence-corrected chi connectivity index (χ0v) is 8.73. The van der Waals surface area contributed by atoms with Crippen molar-refractivity contribution in [3.05, 3.63) is 22.0 Å². The summed E-state index contributed by atoms with van der Waals surface area (Å²) < 4.78 is 1.000. The lowest BCUT2D eigenvalue weighted by Gasteiger charge is -2.09. The summed E-state index contributed by atoms with van der Waals surface area (Å²) in [5, 5.41) is 31.7. The summed E-state index contributed by atoms with van der Waals surface area (Å²) >= 11 is 0. The molecule has 0 bridgehead atoms. The van der Waals surface area contributed by atoms with Crippen LogP contribution in [0, 0.1) is 10.1 Å². The molecule has 0 saturated carbocycles. The van der Waals surface area contributed by atoms with Gasteiger partial charge in [-0.3, -0.25) is 24.4 Å². The van der Waals surface area contributed by atoms with Gasteiger partial charge in [-0.25, -0.2) is 0 Å². The summed E-state index contributed by atoms with van der Waals surface area (Å²) in [7, 11) is 1.32. The highest BCUT2D eigenvalue weighted by Gasteiger charge is 2.33. The second-order valence-electron chi connectivity index (χ2n) is 3.28. The van der Waals surface area contributed by atoms with Gasteiger partial charge < -0.3 is 10.2 Å². The molecule has 1 aromatic rings. The van der Waals surface area contributed by atoms with Gasteiger partial charge in [-0.1, -0.05) is 0 Å². The van der Waals surface area contributed by atoms with Gasteiger partial charge in [0.2, 0.25) is 0 Å². The Kier molecular flexibility index (Phi) is 3.41. The Morgan fingerprint density at radius 1 is 1.59 bits per heavy atom. The zero-order valence-electron chi connectivity index (χ0n) is 8.73. The topological polar surface area (TPSA) is 136 Å².